The van der Waals surface area contributed by atoms with Crippen molar-refractivity contribution in [2.45, 2.75) is 50.7 Å². The molecule has 0 radical (unpaired) electrons. The van der Waals surface area contributed by atoms with Crippen molar-refractivity contribution < 1.29 is 13.9 Å². The molecule has 3 fully saturated rings. The molecule has 3 aliphatic rings. The maximum atomic E-state index is 13.4. The summed E-state index contributed by atoms with van der Waals surface area (Å²) in [4.78, 5) is 28.4. The van der Waals surface area contributed by atoms with Crippen molar-refractivity contribution in [1.82, 2.24) is 14.9 Å². The highest BCUT2D eigenvalue weighted by Crippen LogP contribution is 2.33. The van der Waals surface area contributed by atoms with Gasteiger partial charge in [-0.3, -0.25) is 9.69 Å². The Kier molecular flexibility index (Phi) is 6.55. The van der Waals surface area contributed by atoms with Gasteiger partial charge in [0.25, 0.3) is 5.91 Å². The molecular formula is C25H32FN5O2. The number of ether oxygens (including phenoxy) is 1. The molecule has 1 amide bonds. The van der Waals surface area contributed by atoms with Crippen LogP contribution in [0.4, 0.5) is 16.0 Å². The lowest BCUT2D eigenvalue weighted by Crippen LogP contribution is -2.55. The van der Waals surface area contributed by atoms with Gasteiger partial charge in [-0.25, -0.2) is 14.4 Å². The van der Waals surface area contributed by atoms with Gasteiger partial charge >= 0.3 is 0 Å². The summed E-state index contributed by atoms with van der Waals surface area (Å²) >= 11 is 0. The minimum absolute atomic E-state index is 0.0698. The van der Waals surface area contributed by atoms with Crippen molar-refractivity contribution in [2.75, 3.05) is 49.1 Å². The highest BCUT2D eigenvalue weighted by molar-refractivity contribution is 5.95. The van der Waals surface area contributed by atoms with Crippen LogP contribution in [-0.4, -0.2) is 65.7 Å². The van der Waals surface area contributed by atoms with Crippen molar-refractivity contribution in [3.8, 4) is 0 Å². The summed E-state index contributed by atoms with van der Waals surface area (Å²) in [5, 5.41) is 0. The van der Waals surface area contributed by atoms with Crippen LogP contribution in [0.25, 0.3) is 0 Å². The number of benzene rings is 1. The molecule has 5 rings (SSSR count). The molecule has 33 heavy (non-hydrogen) atoms. The van der Waals surface area contributed by atoms with Gasteiger partial charge in [0.1, 0.15) is 12.4 Å². The number of carbonyl (C=O) groups excluding carboxylic acids is 1. The molecule has 3 saturated heterocycles. The van der Waals surface area contributed by atoms with Crippen molar-refractivity contribution in [2.24, 2.45) is 0 Å². The first-order valence-electron chi connectivity index (χ1n) is 12.1. The van der Waals surface area contributed by atoms with Crippen LogP contribution in [0.15, 0.2) is 36.5 Å². The third-order valence-corrected chi connectivity index (χ3v) is 7.10. The van der Waals surface area contributed by atoms with E-state index in [1.807, 2.05) is 12.3 Å². The summed E-state index contributed by atoms with van der Waals surface area (Å²) in [5.74, 6) is 0.481. The van der Waals surface area contributed by atoms with Gasteiger partial charge in [-0.1, -0.05) is 0 Å². The minimum Gasteiger partial charge on any atom is -0.363 e. The molecular weight excluding hydrogens is 421 g/mol. The Hall–Kier alpha value is -2.58. The molecule has 0 unspecified atom stereocenters. The van der Waals surface area contributed by atoms with E-state index in [0.29, 0.717) is 6.54 Å². The van der Waals surface area contributed by atoms with Gasteiger partial charge in [0.05, 0.1) is 17.8 Å². The Morgan fingerprint density at radius 1 is 0.970 bits per heavy atom. The zero-order valence-corrected chi connectivity index (χ0v) is 19.1. The predicted molar refractivity (Wildman–Crippen MR) is 125 cm³/mol. The fraction of sp³-hybridized carbons (Fsp3) is 0.560. The fourth-order valence-electron chi connectivity index (χ4n) is 5.20. The molecule has 0 saturated carbocycles. The van der Waals surface area contributed by atoms with Crippen LogP contribution in [0.3, 0.4) is 0 Å². The average Bonchev–Trinajstić information content (AvgIpc) is 3.04. The van der Waals surface area contributed by atoms with Gasteiger partial charge in [-0.15, -0.1) is 0 Å². The number of anilines is 2. The van der Waals surface area contributed by atoms with Crippen LogP contribution < -0.4 is 9.80 Å². The number of rotatable bonds is 4. The molecule has 1 spiro atoms. The second-order valence-electron chi connectivity index (χ2n) is 9.45. The summed E-state index contributed by atoms with van der Waals surface area (Å²) in [7, 11) is 0. The van der Waals surface area contributed by atoms with Gasteiger partial charge in [0.15, 0.2) is 0 Å². The van der Waals surface area contributed by atoms with E-state index in [0.717, 1.165) is 69.3 Å². The molecule has 2 aromatic rings. The fourth-order valence-corrected chi connectivity index (χ4v) is 5.20. The van der Waals surface area contributed by atoms with E-state index >= 15 is 0 Å². The van der Waals surface area contributed by atoms with Crippen LogP contribution in [0.2, 0.25) is 0 Å². The van der Waals surface area contributed by atoms with Gasteiger partial charge in [-0.2, -0.15) is 0 Å². The summed E-state index contributed by atoms with van der Waals surface area (Å²) in [6, 6.07) is 8.16. The van der Waals surface area contributed by atoms with E-state index < -0.39 is 0 Å². The lowest BCUT2D eigenvalue weighted by atomic mass is 9.92. The number of piperidine rings is 1. The molecule has 0 aliphatic carbocycles. The first-order valence-corrected chi connectivity index (χ1v) is 12.1. The number of likely N-dealkylation sites (tertiary alicyclic amines) is 1. The lowest BCUT2D eigenvalue weighted by Gasteiger charge is -2.42. The van der Waals surface area contributed by atoms with Crippen LogP contribution in [0, 0.1) is 5.82 Å². The summed E-state index contributed by atoms with van der Waals surface area (Å²) < 4.78 is 19.5. The first kappa shape index (κ1) is 22.2. The standard InChI is InChI=1S/C25H32FN5O2/c26-20-5-7-22(8-6-20)31-19-25(33-18-23(31)32)10-4-13-29(16-11-25)17-21-9-12-27-24(28-21)30-14-2-1-3-15-30/h5-9,12H,1-4,10-11,13-19H2/t25-/m0/s1. The second kappa shape index (κ2) is 9.73. The first-order chi connectivity index (χ1) is 16.1. The Labute approximate surface area is 194 Å². The topological polar surface area (TPSA) is 61.8 Å². The predicted octanol–water partition coefficient (Wildman–Crippen LogP) is 3.39. The zero-order valence-electron chi connectivity index (χ0n) is 19.1. The number of nitrogens with zero attached hydrogens (tertiary/aromatic N) is 5. The molecule has 1 aromatic heterocycles. The number of aromatic nitrogens is 2. The second-order valence-corrected chi connectivity index (χ2v) is 9.45. The van der Waals surface area contributed by atoms with Gasteiger partial charge in [0.2, 0.25) is 5.95 Å². The van der Waals surface area contributed by atoms with E-state index in [1.54, 1.807) is 17.0 Å². The number of carbonyl (C=O) groups is 1. The number of hydrogen-bond donors (Lipinski definition) is 0. The highest BCUT2D eigenvalue weighted by atomic mass is 19.1. The van der Waals surface area contributed by atoms with Crippen LogP contribution in [0.5, 0.6) is 0 Å². The molecule has 3 aliphatic heterocycles. The summed E-state index contributed by atoms with van der Waals surface area (Å²) in [6.45, 7) is 5.31. The van der Waals surface area contributed by atoms with Crippen LogP contribution in [-0.2, 0) is 16.1 Å². The van der Waals surface area contributed by atoms with Gasteiger partial charge in [0, 0.05) is 38.1 Å². The molecule has 176 valence electrons. The molecule has 1 aromatic carbocycles. The Morgan fingerprint density at radius 2 is 1.79 bits per heavy atom. The monoisotopic (exact) mass is 453 g/mol. The Morgan fingerprint density at radius 3 is 2.61 bits per heavy atom. The third kappa shape index (κ3) is 5.17. The van der Waals surface area contributed by atoms with Crippen LogP contribution in [0.1, 0.15) is 44.2 Å². The molecule has 7 nitrogen and oxygen atoms in total. The maximum Gasteiger partial charge on any atom is 0.253 e. The van der Waals surface area contributed by atoms with E-state index in [9.17, 15) is 9.18 Å². The van der Waals surface area contributed by atoms with E-state index in [2.05, 4.69) is 14.8 Å². The van der Waals surface area contributed by atoms with E-state index in [-0.39, 0.29) is 23.9 Å². The van der Waals surface area contributed by atoms with Crippen molar-refractivity contribution in [3.05, 3.63) is 48.0 Å². The Balaban J connectivity index is 1.23. The summed E-state index contributed by atoms with van der Waals surface area (Å²) in [5.41, 5.74) is 1.42. The molecule has 4 heterocycles. The smallest absolute Gasteiger partial charge is 0.253 e. The van der Waals surface area contributed by atoms with E-state index in [4.69, 9.17) is 9.72 Å². The van der Waals surface area contributed by atoms with Crippen molar-refractivity contribution >= 4 is 17.5 Å². The van der Waals surface area contributed by atoms with Gasteiger partial charge < -0.3 is 14.5 Å². The molecule has 0 bridgehead atoms. The number of halogens is 1. The number of amides is 1. The zero-order chi connectivity index (χ0) is 22.7. The lowest BCUT2D eigenvalue weighted by molar-refractivity contribution is -0.140. The van der Waals surface area contributed by atoms with Crippen molar-refractivity contribution in [3.63, 3.8) is 0 Å². The quantitative estimate of drug-likeness (QED) is 0.707. The summed E-state index contributed by atoms with van der Waals surface area (Å²) in [6.07, 6.45) is 8.33. The van der Waals surface area contributed by atoms with Crippen LogP contribution >= 0.6 is 0 Å². The molecule has 1 atom stereocenters. The molecule has 8 heteroatoms. The number of morpholine rings is 1. The molecule has 0 N–H and O–H groups in total. The minimum atomic E-state index is -0.359. The normalized spacial score (nSPS) is 24.8. The average molecular weight is 454 g/mol. The largest absolute Gasteiger partial charge is 0.363 e. The highest BCUT2D eigenvalue weighted by Gasteiger charge is 2.41. The SMILES string of the molecule is O=C1CO[C@]2(CCCN(Cc3ccnc(N4CCCCC4)n3)CC2)CN1c1ccc(F)cc1. The Bertz CT molecular complexity index is 966. The van der Waals surface area contributed by atoms with Gasteiger partial charge in [-0.05, 0) is 75.4 Å². The maximum absolute atomic E-state index is 13.4. The van der Waals surface area contributed by atoms with Crippen molar-refractivity contribution in [1.29, 1.82) is 0 Å². The number of hydrogen-bond acceptors (Lipinski definition) is 6. The van der Waals surface area contributed by atoms with E-state index in [1.165, 1.54) is 31.4 Å². The third-order valence-electron chi connectivity index (χ3n) is 7.10.